The second kappa shape index (κ2) is 10.1. The number of oxazole rings is 1. The van der Waals surface area contributed by atoms with Crippen molar-refractivity contribution in [3.8, 4) is 0 Å². The number of nitro groups is 1. The molecule has 27 heavy (non-hydrogen) atoms. The van der Waals surface area contributed by atoms with E-state index in [1.54, 1.807) is 0 Å². The third-order valence-electron chi connectivity index (χ3n) is 4.05. The maximum atomic E-state index is 12.0. The molecule has 0 saturated heterocycles. The van der Waals surface area contributed by atoms with Crippen LogP contribution in [0.1, 0.15) is 33.1 Å². The minimum Gasteiger partial charge on any atom is -0.407 e. The molecule has 1 amide bonds. The second-order valence-electron chi connectivity index (χ2n) is 6.66. The summed E-state index contributed by atoms with van der Waals surface area (Å²) in [5.41, 5.74) is 6.16. The maximum absolute atomic E-state index is 12.0. The Bertz CT molecular complexity index is 845. The molecule has 0 bridgehead atoms. The third kappa shape index (κ3) is 6.07. The number of nitrogens with two attached hydrogens (primary N) is 1. The summed E-state index contributed by atoms with van der Waals surface area (Å²) in [7, 11) is 0. The molecular weight excluding hydrogens is 376 g/mol. The van der Waals surface area contributed by atoms with Crippen LogP contribution in [-0.2, 0) is 11.3 Å². The van der Waals surface area contributed by atoms with E-state index in [4.69, 9.17) is 10.2 Å². The van der Waals surface area contributed by atoms with Crippen molar-refractivity contribution in [3.63, 3.8) is 0 Å². The summed E-state index contributed by atoms with van der Waals surface area (Å²) < 4.78 is 6.43. The lowest BCUT2D eigenvalue weighted by Gasteiger charge is -2.18. The topological polar surface area (TPSA) is 133 Å². The van der Waals surface area contributed by atoms with Crippen LogP contribution in [0, 0.1) is 16.0 Å². The predicted molar refractivity (Wildman–Crippen MR) is 104 cm³/mol. The number of non-ortho nitro benzene ring substituents is 1. The van der Waals surface area contributed by atoms with Crippen molar-refractivity contribution in [2.24, 2.45) is 11.7 Å². The Labute approximate surface area is 162 Å². The van der Waals surface area contributed by atoms with Gasteiger partial charge in [-0.15, -0.1) is 12.4 Å². The Kier molecular flexibility index (Phi) is 8.45. The fourth-order valence-corrected chi connectivity index (χ4v) is 2.86. The first-order valence-electron chi connectivity index (χ1n) is 8.59. The number of fused-ring (bicyclic) bond motifs is 1. The van der Waals surface area contributed by atoms with Crippen LogP contribution in [0.4, 0.5) is 5.69 Å². The van der Waals surface area contributed by atoms with Gasteiger partial charge in [-0.25, -0.2) is 4.79 Å². The number of nitrogens with zero attached hydrogens (tertiary/aromatic N) is 2. The van der Waals surface area contributed by atoms with Gasteiger partial charge in [-0.3, -0.25) is 19.5 Å². The van der Waals surface area contributed by atoms with Gasteiger partial charge in [0, 0.05) is 31.6 Å². The van der Waals surface area contributed by atoms with Gasteiger partial charge in [0.05, 0.1) is 16.5 Å². The number of aromatic nitrogens is 1. The van der Waals surface area contributed by atoms with E-state index in [9.17, 15) is 19.7 Å². The molecule has 0 fully saturated rings. The van der Waals surface area contributed by atoms with Crippen LogP contribution in [0.3, 0.4) is 0 Å². The summed E-state index contributed by atoms with van der Waals surface area (Å²) >= 11 is 0. The SMILES string of the molecule is CC(C)CC(CN)NC(=O)CCCn1c(=O)oc2cc([N+](=O)[O-])ccc21.Cl. The van der Waals surface area contributed by atoms with E-state index in [0.717, 1.165) is 6.42 Å². The molecule has 0 aliphatic rings. The number of carbonyl (C=O) groups is 1. The number of amides is 1. The molecule has 1 unspecified atom stereocenters. The zero-order valence-electron chi connectivity index (χ0n) is 15.3. The van der Waals surface area contributed by atoms with Gasteiger partial charge < -0.3 is 15.5 Å². The highest BCUT2D eigenvalue weighted by atomic mass is 35.5. The van der Waals surface area contributed by atoms with Crippen molar-refractivity contribution >= 4 is 35.1 Å². The van der Waals surface area contributed by atoms with E-state index < -0.39 is 10.7 Å². The van der Waals surface area contributed by atoms with Crippen molar-refractivity contribution in [2.45, 2.75) is 45.7 Å². The van der Waals surface area contributed by atoms with Crippen molar-refractivity contribution in [3.05, 3.63) is 38.9 Å². The molecule has 0 radical (unpaired) electrons. The summed E-state index contributed by atoms with van der Waals surface area (Å²) in [5, 5.41) is 13.7. The molecule has 1 heterocycles. The van der Waals surface area contributed by atoms with Gasteiger partial charge >= 0.3 is 5.76 Å². The Morgan fingerprint density at radius 1 is 1.41 bits per heavy atom. The van der Waals surface area contributed by atoms with Crippen molar-refractivity contribution in [1.82, 2.24) is 9.88 Å². The standard InChI is InChI=1S/C17H24N4O5.ClH/c1-11(2)8-12(10-18)19-16(22)4-3-7-20-14-6-5-13(21(24)25)9-15(14)26-17(20)23;/h5-6,9,11-12H,3-4,7-8,10,18H2,1-2H3,(H,19,22);1H. The number of hydrogen-bond donors (Lipinski definition) is 2. The molecule has 0 aliphatic carbocycles. The number of rotatable bonds is 9. The van der Waals surface area contributed by atoms with Crippen LogP contribution < -0.4 is 16.8 Å². The third-order valence-corrected chi connectivity index (χ3v) is 4.05. The second-order valence-corrected chi connectivity index (χ2v) is 6.66. The van der Waals surface area contributed by atoms with Crippen LogP contribution in [0.5, 0.6) is 0 Å². The molecule has 150 valence electrons. The lowest BCUT2D eigenvalue weighted by Crippen LogP contribution is -2.41. The van der Waals surface area contributed by atoms with Gasteiger partial charge in [0.1, 0.15) is 0 Å². The van der Waals surface area contributed by atoms with Gasteiger partial charge in [-0.05, 0) is 24.8 Å². The minimum absolute atomic E-state index is 0. The first-order valence-corrected chi connectivity index (χ1v) is 8.59. The molecule has 1 aromatic heterocycles. The molecule has 2 aromatic rings. The first-order chi connectivity index (χ1) is 12.3. The molecule has 1 atom stereocenters. The summed E-state index contributed by atoms with van der Waals surface area (Å²) in [5.74, 6) is -0.276. The van der Waals surface area contributed by atoms with Crippen LogP contribution in [0.15, 0.2) is 27.4 Å². The van der Waals surface area contributed by atoms with Gasteiger partial charge in [0.15, 0.2) is 5.58 Å². The van der Waals surface area contributed by atoms with E-state index in [-0.39, 0.29) is 48.6 Å². The van der Waals surface area contributed by atoms with Gasteiger partial charge in [-0.1, -0.05) is 13.8 Å². The summed E-state index contributed by atoms with van der Waals surface area (Å²) in [6.45, 7) is 4.80. The molecule has 3 N–H and O–H groups in total. The summed E-state index contributed by atoms with van der Waals surface area (Å²) in [6.07, 6.45) is 1.50. The van der Waals surface area contributed by atoms with E-state index in [2.05, 4.69) is 19.2 Å². The molecule has 1 aromatic carbocycles. The minimum atomic E-state index is -0.597. The Morgan fingerprint density at radius 3 is 2.70 bits per heavy atom. The fraction of sp³-hybridized carbons (Fsp3) is 0.529. The summed E-state index contributed by atoms with van der Waals surface area (Å²) in [4.78, 5) is 34.2. The lowest BCUT2D eigenvalue weighted by molar-refractivity contribution is -0.384. The molecule has 0 aliphatic heterocycles. The highest BCUT2D eigenvalue weighted by Crippen LogP contribution is 2.20. The Hall–Kier alpha value is -2.39. The highest BCUT2D eigenvalue weighted by molar-refractivity contribution is 5.85. The molecule has 9 nitrogen and oxygen atoms in total. The molecule has 0 spiro atoms. The summed E-state index contributed by atoms with van der Waals surface area (Å²) in [6, 6.07) is 3.96. The largest absolute Gasteiger partial charge is 0.419 e. The number of aryl methyl sites for hydroxylation is 1. The van der Waals surface area contributed by atoms with Crippen LogP contribution in [0.25, 0.3) is 11.1 Å². The lowest BCUT2D eigenvalue weighted by atomic mass is 10.0. The van der Waals surface area contributed by atoms with Crippen LogP contribution in [-0.4, -0.2) is 28.0 Å². The number of halogens is 1. The number of carbonyl (C=O) groups excluding carboxylic acids is 1. The van der Waals surface area contributed by atoms with Crippen LogP contribution in [0.2, 0.25) is 0 Å². The average molecular weight is 401 g/mol. The molecule has 10 heteroatoms. The van der Waals surface area contributed by atoms with E-state index in [1.165, 1.54) is 22.8 Å². The Balaban J connectivity index is 0.00000364. The van der Waals surface area contributed by atoms with Crippen molar-refractivity contribution in [1.29, 1.82) is 0 Å². The monoisotopic (exact) mass is 400 g/mol. The number of benzene rings is 1. The van der Waals surface area contributed by atoms with Crippen molar-refractivity contribution in [2.75, 3.05) is 6.54 Å². The fourth-order valence-electron chi connectivity index (χ4n) is 2.86. The zero-order chi connectivity index (χ0) is 19.3. The van der Waals surface area contributed by atoms with Gasteiger partial charge in [0.25, 0.3) is 5.69 Å². The van der Waals surface area contributed by atoms with Crippen molar-refractivity contribution < 1.29 is 14.1 Å². The number of nitrogens with one attached hydrogen (secondary N) is 1. The van der Waals surface area contributed by atoms with E-state index in [0.29, 0.717) is 24.4 Å². The van der Waals surface area contributed by atoms with Gasteiger partial charge in [0.2, 0.25) is 5.91 Å². The maximum Gasteiger partial charge on any atom is 0.419 e. The van der Waals surface area contributed by atoms with Crippen LogP contribution >= 0.6 is 12.4 Å². The van der Waals surface area contributed by atoms with E-state index in [1.807, 2.05) is 0 Å². The van der Waals surface area contributed by atoms with Gasteiger partial charge in [-0.2, -0.15) is 0 Å². The zero-order valence-corrected chi connectivity index (χ0v) is 16.2. The number of nitro benzene ring substituents is 1. The molecule has 2 rings (SSSR count). The highest BCUT2D eigenvalue weighted by Gasteiger charge is 2.15. The molecular formula is C17H25ClN4O5. The van der Waals surface area contributed by atoms with E-state index >= 15 is 0 Å². The smallest absolute Gasteiger partial charge is 0.407 e. The Morgan fingerprint density at radius 2 is 2.11 bits per heavy atom. The quantitative estimate of drug-likeness (QED) is 0.489. The average Bonchev–Trinajstić information content (AvgIpc) is 2.88. The first kappa shape index (κ1) is 22.7. The molecule has 0 saturated carbocycles. The number of hydrogen-bond acceptors (Lipinski definition) is 6. The predicted octanol–water partition coefficient (Wildman–Crippen LogP) is 2.19. The normalized spacial score (nSPS) is 12.0.